The molecule has 0 unspecified atom stereocenters. The average Bonchev–Trinajstić information content (AvgIpc) is 2.03. The lowest BCUT2D eigenvalue weighted by Crippen LogP contribution is -1.95. The maximum Gasteiger partial charge on any atom is 0.368 e. The summed E-state index contributed by atoms with van der Waals surface area (Å²) in [5.74, 6) is -1.69. The van der Waals surface area contributed by atoms with Crippen molar-refractivity contribution in [1.82, 2.24) is 4.98 Å². The summed E-state index contributed by atoms with van der Waals surface area (Å²) in [6, 6.07) is 3.31. The number of hydrogen-bond acceptors (Lipinski definition) is 4. The summed E-state index contributed by atoms with van der Waals surface area (Å²) in [5.41, 5.74) is -0.116. The molecule has 0 aliphatic rings. The monoisotopic (exact) mass is 167 g/mol. The largest absolute Gasteiger partial charge is 0.368 e. The van der Waals surface area contributed by atoms with E-state index >= 15 is 0 Å². The molecule has 0 saturated heterocycles. The lowest BCUT2D eigenvalue weighted by Gasteiger charge is -1.90. The van der Waals surface area contributed by atoms with Gasteiger partial charge in [-0.05, 0) is 9.91 Å². The summed E-state index contributed by atoms with van der Waals surface area (Å²) < 4.78 is 12.4. The van der Waals surface area contributed by atoms with E-state index in [0.717, 1.165) is 12.1 Å². The molecule has 0 fully saturated rings. The Hall–Kier alpha value is -2.03. The molecule has 0 aromatic carbocycles. The van der Waals surface area contributed by atoms with Gasteiger partial charge in [-0.1, -0.05) is 0 Å². The molecule has 60 valence electrons. The van der Waals surface area contributed by atoms with Crippen LogP contribution in [0.25, 0.3) is 0 Å². The van der Waals surface area contributed by atoms with Crippen molar-refractivity contribution in [2.75, 3.05) is 0 Å². The first-order chi connectivity index (χ1) is 5.63. The van der Waals surface area contributed by atoms with E-state index in [9.17, 15) is 14.5 Å². The number of nitrogens with zero attached hydrogens (tertiary/aromatic N) is 3. The SMILES string of the molecule is N#Cc1cc(F)nc([N+](=O)[O-])c1. The minimum Gasteiger partial charge on any atom is -0.358 e. The van der Waals surface area contributed by atoms with Crippen molar-refractivity contribution in [1.29, 1.82) is 5.26 Å². The molecule has 6 heteroatoms. The molecule has 0 N–H and O–H groups in total. The first-order valence-electron chi connectivity index (χ1n) is 2.85. The highest BCUT2D eigenvalue weighted by molar-refractivity contribution is 5.34. The quantitative estimate of drug-likeness (QED) is 0.355. The van der Waals surface area contributed by atoms with E-state index < -0.39 is 16.7 Å². The number of halogens is 1. The predicted molar refractivity (Wildman–Crippen MR) is 35.6 cm³/mol. The molecular formula is C6H2FN3O2. The van der Waals surface area contributed by atoms with Gasteiger partial charge in [0, 0.05) is 6.07 Å². The number of aromatic nitrogens is 1. The fourth-order valence-electron chi connectivity index (χ4n) is 0.641. The van der Waals surface area contributed by atoms with Crippen LogP contribution in [0.3, 0.4) is 0 Å². The van der Waals surface area contributed by atoms with E-state index in [1.807, 2.05) is 0 Å². The fraction of sp³-hybridized carbons (Fsp3) is 0. The van der Waals surface area contributed by atoms with Gasteiger partial charge in [-0.15, -0.1) is 0 Å². The van der Waals surface area contributed by atoms with Gasteiger partial charge in [0.1, 0.15) is 0 Å². The van der Waals surface area contributed by atoms with Crippen LogP contribution < -0.4 is 0 Å². The van der Waals surface area contributed by atoms with Crippen LogP contribution in [-0.2, 0) is 0 Å². The lowest BCUT2D eigenvalue weighted by atomic mass is 10.3. The van der Waals surface area contributed by atoms with Gasteiger partial charge in [0.05, 0.1) is 17.7 Å². The molecule has 1 heterocycles. The van der Waals surface area contributed by atoms with Crippen molar-refractivity contribution in [3.63, 3.8) is 0 Å². The second kappa shape index (κ2) is 2.92. The lowest BCUT2D eigenvalue weighted by molar-refractivity contribution is -0.389. The molecule has 0 amide bonds. The van der Waals surface area contributed by atoms with E-state index in [1.54, 1.807) is 6.07 Å². The van der Waals surface area contributed by atoms with Crippen molar-refractivity contribution >= 4 is 5.82 Å². The van der Waals surface area contributed by atoms with Gasteiger partial charge in [0.25, 0.3) is 0 Å². The minimum atomic E-state index is -1.03. The zero-order valence-corrected chi connectivity index (χ0v) is 5.69. The van der Waals surface area contributed by atoms with Crippen LogP contribution in [0.4, 0.5) is 10.2 Å². The number of hydrogen-bond donors (Lipinski definition) is 0. The van der Waals surface area contributed by atoms with Crippen LogP contribution in [0.1, 0.15) is 5.56 Å². The number of pyridine rings is 1. The molecule has 0 bridgehead atoms. The summed E-state index contributed by atoms with van der Waals surface area (Å²) in [7, 11) is 0. The Morgan fingerprint density at radius 2 is 2.33 bits per heavy atom. The van der Waals surface area contributed by atoms with Gasteiger partial charge >= 0.3 is 11.8 Å². The molecule has 1 aromatic rings. The molecule has 1 aromatic heterocycles. The van der Waals surface area contributed by atoms with Gasteiger partial charge in [0.15, 0.2) is 0 Å². The third kappa shape index (κ3) is 1.52. The second-order valence-corrected chi connectivity index (χ2v) is 1.91. The smallest absolute Gasteiger partial charge is 0.358 e. The van der Waals surface area contributed by atoms with Gasteiger partial charge in [0.2, 0.25) is 0 Å². The van der Waals surface area contributed by atoms with Crippen LogP contribution in [0.15, 0.2) is 12.1 Å². The van der Waals surface area contributed by atoms with E-state index in [-0.39, 0.29) is 5.56 Å². The number of rotatable bonds is 1. The van der Waals surface area contributed by atoms with Crippen LogP contribution in [0, 0.1) is 27.4 Å². The Kier molecular flexibility index (Phi) is 1.96. The third-order valence-corrected chi connectivity index (χ3v) is 1.10. The van der Waals surface area contributed by atoms with E-state index in [1.165, 1.54) is 0 Å². The summed E-state index contributed by atoms with van der Waals surface area (Å²) in [6.07, 6.45) is 0. The van der Waals surface area contributed by atoms with Crippen molar-refractivity contribution in [2.24, 2.45) is 0 Å². The van der Waals surface area contributed by atoms with Gasteiger partial charge in [-0.25, -0.2) is 0 Å². The first kappa shape index (κ1) is 8.07. The van der Waals surface area contributed by atoms with Crippen LogP contribution in [0.5, 0.6) is 0 Å². The minimum absolute atomic E-state index is 0.116. The van der Waals surface area contributed by atoms with Crippen molar-refractivity contribution in [3.05, 3.63) is 33.8 Å². The van der Waals surface area contributed by atoms with Crippen LogP contribution in [0.2, 0.25) is 0 Å². The molecule has 12 heavy (non-hydrogen) atoms. The fourth-order valence-corrected chi connectivity index (χ4v) is 0.641. The summed E-state index contributed by atoms with van der Waals surface area (Å²) in [6.45, 7) is 0. The maximum absolute atomic E-state index is 12.4. The third-order valence-electron chi connectivity index (χ3n) is 1.10. The molecule has 0 radical (unpaired) electrons. The normalized spacial score (nSPS) is 9.00. The molecule has 0 aliphatic carbocycles. The molecule has 0 aliphatic heterocycles. The van der Waals surface area contributed by atoms with Crippen LogP contribution in [-0.4, -0.2) is 9.91 Å². The summed E-state index contributed by atoms with van der Waals surface area (Å²) in [5, 5.41) is 18.4. The van der Waals surface area contributed by atoms with E-state index in [4.69, 9.17) is 5.26 Å². The van der Waals surface area contributed by atoms with Gasteiger partial charge in [-0.3, -0.25) is 0 Å². The van der Waals surface area contributed by atoms with Gasteiger partial charge in [-0.2, -0.15) is 9.65 Å². The van der Waals surface area contributed by atoms with Crippen molar-refractivity contribution in [2.45, 2.75) is 0 Å². The van der Waals surface area contributed by atoms with Crippen molar-refractivity contribution in [3.8, 4) is 6.07 Å². The Bertz CT molecular complexity index is 372. The van der Waals surface area contributed by atoms with Crippen LogP contribution >= 0.6 is 0 Å². The first-order valence-corrected chi connectivity index (χ1v) is 2.85. The molecule has 0 atom stereocenters. The Balaban J connectivity index is 3.26. The maximum atomic E-state index is 12.4. The molecule has 0 saturated carbocycles. The highest BCUT2D eigenvalue weighted by atomic mass is 19.1. The number of nitriles is 1. The standard InChI is InChI=1S/C6H2FN3O2/c7-5-1-4(3-8)2-6(9-5)10(11)12/h1-2H. The zero-order chi connectivity index (χ0) is 9.14. The van der Waals surface area contributed by atoms with E-state index in [2.05, 4.69) is 4.98 Å². The highest BCUT2D eigenvalue weighted by Crippen LogP contribution is 2.10. The number of nitro groups is 1. The Labute approximate surface area is 66.2 Å². The highest BCUT2D eigenvalue weighted by Gasteiger charge is 2.12. The summed E-state index contributed by atoms with van der Waals surface area (Å²) in [4.78, 5) is 12.2. The van der Waals surface area contributed by atoms with E-state index in [0.29, 0.717) is 0 Å². The molecule has 1 rings (SSSR count). The Morgan fingerprint density at radius 3 is 2.83 bits per heavy atom. The van der Waals surface area contributed by atoms with Crippen molar-refractivity contribution < 1.29 is 9.31 Å². The van der Waals surface area contributed by atoms with Gasteiger partial charge < -0.3 is 10.1 Å². The second-order valence-electron chi connectivity index (χ2n) is 1.91. The topological polar surface area (TPSA) is 79.8 Å². The summed E-state index contributed by atoms with van der Waals surface area (Å²) >= 11 is 0. The predicted octanol–water partition coefficient (Wildman–Crippen LogP) is 1.00. The Morgan fingerprint density at radius 1 is 1.67 bits per heavy atom. The zero-order valence-electron chi connectivity index (χ0n) is 5.69. The average molecular weight is 167 g/mol. The molecule has 0 spiro atoms. The molecule has 5 nitrogen and oxygen atoms in total. The molecular weight excluding hydrogens is 165 g/mol.